The number of anilines is 3. The van der Waals surface area contributed by atoms with E-state index in [9.17, 15) is 0 Å². The molecule has 2 aromatic heterocycles. The normalized spacial score (nSPS) is 15.0. The third kappa shape index (κ3) is 3.37. The number of nitrogens with zero attached hydrogens (tertiary/aromatic N) is 5. The molecule has 0 atom stereocenters. The van der Waals surface area contributed by atoms with E-state index < -0.39 is 0 Å². The van der Waals surface area contributed by atoms with E-state index in [1.54, 1.807) is 12.3 Å². The van der Waals surface area contributed by atoms with Crippen molar-refractivity contribution in [3.8, 4) is 0 Å². The summed E-state index contributed by atoms with van der Waals surface area (Å²) in [6.45, 7) is 2.36. The van der Waals surface area contributed by atoms with Crippen LogP contribution >= 0.6 is 0 Å². The van der Waals surface area contributed by atoms with Crippen LogP contribution in [0.4, 0.5) is 17.8 Å². The van der Waals surface area contributed by atoms with Crippen LogP contribution in [0, 0.1) is 0 Å². The van der Waals surface area contributed by atoms with E-state index in [4.69, 9.17) is 10.4 Å². The molecule has 3 heterocycles. The largest absolute Gasteiger partial charge is 0.360 e. The lowest BCUT2D eigenvalue weighted by Crippen LogP contribution is -2.31. The molecule has 4 N–H and O–H groups in total. The summed E-state index contributed by atoms with van der Waals surface area (Å²) in [4.78, 5) is 15.1. The lowest BCUT2D eigenvalue weighted by atomic mass is 10.1. The maximum Gasteiger partial charge on any atom is 0.243 e. The average molecular weight is 290 g/mol. The van der Waals surface area contributed by atoms with Gasteiger partial charge >= 0.3 is 0 Å². The predicted molar refractivity (Wildman–Crippen MR) is 77.5 cm³/mol. The van der Waals surface area contributed by atoms with Crippen LogP contribution in [0.5, 0.6) is 0 Å². The van der Waals surface area contributed by atoms with Gasteiger partial charge in [-0.25, -0.2) is 5.84 Å². The smallest absolute Gasteiger partial charge is 0.243 e. The van der Waals surface area contributed by atoms with Gasteiger partial charge in [0.2, 0.25) is 17.8 Å². The summed E-state index contributed by atoms with van der Waals surface area (Å²) < 4.78 is 5.02. The summed E-state index contributed by atoms with van der Waals surface area (Å²) in [7, 11) is 0. The van der Waals surface area contributed by atoms with Gasteiger partial charge in [-0.2, -0.15) is 15.0 Å². The Hall–Kier alpha value is -2.42. The van der Waals surface area contributed by atoms with Crippen molar-refractivity contribution in [2.75, 3.05) is 28.7 Å². The van der Waals surface area contributed by atoms with E-state index in [-0.39, 0.29) is 0 Å². The number of aromatic nitrogens is 4. The SMILES string of the molecule is NNc1nc(NCc2ccno2)nc(N2CCCCC2)n1. The number of rotatable bonds is 5. The summed E-state index contributed by atoms with van der Waals surface area (Å²) in [5, 5.41) is 6.73. The standard InChI is InChI=1S/C12H18N8O/c13-19-11-16-10(14-8-9-4-5-15-21-9)17-12(18-11)20-6-2-1-3-7-20/h4-5H,1-3,6-8,13H2,(H2,14,16,17,18,19). The zero-order valence-electron chi connectivity index (χ0n) is 11.6. The van der Waals surface area contributed by atoms with E-state index in [1.165, 1.54) is 6.42 Å². The second-order valence-electron chi connectivity index (χ2n) is 4.81. The highest BCUT2D eigenvalue weighted by Crippen LogP contribution is 2.18. The minimum absolute atomic E-state index is 0.339. The Bertz CT molecular complexity index is 567. The highest BCUT2D eigenvalue weighted by Gasteiger charge is 2.16. The second kappa shape index (κ2) is 6.35. The Kier molecular flexibility index (Phi) is 4.10. The molecule has 2 aromatic rings. The molecular weight excluding hydrogens is 272 g/mol. The van der Waals surface area contributed by atoms with Gasteiger partial charge < -0.3 is 14.7 Å². The fourth-order valence-corrected chi connectivity index (χ4v) is 2.24. The van der Waals surface area contributed by atoms with Crippen molar-refractivity contribution in [3.63, 3.8) is 0 Å². The number of piperidine rings is 1. The molecule has 3 rings (SSSR count). The zero-order valence-corrected chi connectivity index (χ0v) is 11.6. The number of nitrogens with one attached hydrogen (secondary N) is 2. The van der Waals surface area contributed by atoms with E-state index in [1.807, 2.05) is 0 Å². The van der Waals surface area contributed by atoms with Crippen LogP contribution < -0.4 is 21.5 Å². The molecule has 21 heavy (non-hydrogen) atoms. The Morgan fingerprint density at radius 2 is 1.95 bits per heavy atom. The summed E-state index contributed by atoms with van der Waals surface area (Å²) >= 11 is 0. The van der Waals surface area contributed by atoms with Crippen molar-refractivity contribution in [2.45, 2.75) is 25.8 Å². The monoisotopic (exact) mass is 290 g/mol. The first-order chi connectivity index (χ1) is 10.3. The Morgan fingerprint density at radius 1 is 1.14 bits per heavy atom. The molecule has 0 radical (unpaired) electrons. The maximum absolute atomic E-state index is 5.43. The molecule has 1 aliphatic rings. The number of nitrogens with two attached hydrogens (primary N) is 1. The predicted octanol–water partition coefficient (Wildman–Crippen LogP) is 0.748. The quantitative estimate of drug-likeness (QED) is 0.541. The lowest BCUT2D eigenvalue weighted by molar-refractivity contribution is 0.387. The number of nitrogen functional groups attached to an aromatic ring is 1. The minimum atomic E-state index is 0.339. The van der Waals surface area contributed by atoms with Crippen molar-refractivity contribution in [1.29, 1.82) is 0 Å². The van der Waals surface area contributed by atoms with Gasteiger partial charge in [0, 0.05) is 19.2 Å². The zero-order chi connectivity index (χ0) is 14.5. The van der Waals surface area contributed by atoms with E-state index >= 15 is 0 Å². The molecule has 112 valence electrons. The van der Waals surface area contributed by atoms with Crippen molar-refractivity contribution < 1.29 is 4.52 Å². The van der Waals surface area contributed by atoms with Crippen LogP contribution in [0.25, 0.3) is 0 Å². The molecule has 1 saturated heterocycles. The molecule has 1 aliphatic heterocycles. The van der Waals surface area contributed by atoms with Gasteiger partial charge in [0.15, 0.2) is 5.76 Å². The molecule has 0 bridgehead atoms. The summed E-state index contributed by atoms with van der Waals surface area (Å²) in [6.07, 6.45) is 5.15. The Labute approximate surface area is 121 Å². The first kappa shape index (κ1) is 13.6. The molecule has 0 amide bonds. The average Bonchev–Trinajstić information content (AvgIpc) is 3.07. The van der Waals surface area contributed by atoms with Crippen LogP contribution in [0.15, 0.2) is 16.8 Å². The molecule has 0 unspecified atom stereocenters. The summed E-state index contributed by atoms with van der Waals surface area (Å²) in [5.41, 5.74) is 2.48. The van der Waals surface area contributed by atoms with Gasteiger partial charge in [0.25, 0.3) is 0 Å². The molecule has 0 spiro atoms. The van der Waals surface area contributed by atoms with Crippen LogP contribution in [0.3, 0.4) is 0 Å². The number of hydrogen-bond donors (Lipinski definition) is 3. The molecule has 0 aliphatic carbocycles. The van der Waals surface area contributed by atoms with Gasteiger partial charge in [-0.3, -0.25) is 5.43 Å². The maximum atomic E-state index is 5.43. The molecule has 1 fully saturated rings. The van der Waals surface area contributed by atoms with E-state index in [2.05, 4.69) is 35.8 Å². The highest BCUT2D eigenvalue weighted by molar-refractivity contribution is 5.43. The van der Waals surface area contributed by atoms with Gasteiger partial charge in [0.05, 0.1) is 12.7 Å². The first-order valence-corrected chi connectivity index (χ1v) is 6.96. The van der Waals surface area contributed by atoms with Crippen molar-refractivity contribution >= 4 is 17.8 Å². The Morgan fingerprint density at radius 3 is 2.67 bits per heavy atom. The Balaban J connectivity index is 1.75. The highest BCUT2D eigenvalue weighted by atomic mass is 16.5. The van der Waals surface area contributed by atoms with Crippen LogP contribution in [-0.2, 0) is 6.54 Å². The van der Waals surface area contributed by atoms with Gasteiger partial charge in [-0.05, 0) is 19.3 Å². The first-order valence-electron chi connectivity index (χ1n) is 6.96. The van der Waals surface area contributed by atoms with Crippen LogP contribution in [0.1, 0.15) is 25.0 Å². The number of hydrogen-bond acceptors (Lipinski definition) is 9. The third-order valence-electron chi connectivity index (χ3n) is 3.30. The lowest BCUT2D eigenvalue weighted by Gasteiger charge is -2.26. The minimum Gasteiger partial charge on any atom is -0.360 e. The molecule has 0 saturated carbocycles. The van der Waals surface area contributed by atoms with Gasteiger partial charge in [-0.1, -0.05) is 5.16 Å². The van der Waals surface area contributed by atoms with Crippen LogP contribution in [0.2, 0.25) is 0 Å². The molecule has 9 nitrogen and oxygen atoms in total. The van der Waals surface area contributed by atoms with Crippen molar-refractivity contribution in [1.82, 2.24) is 20.1 Å². The van der Waals surface area contributed by atoms with Crippen molar-refractivity contribution in [2.24, 2.45) is 5.84 Å². The fourth-order valence-electron chi connectivity index (χ4n) is 2.24. The number of hydrazine groups is 1. The van der Waals surface area contributed by atoms with Crippen molar-refractivity contribution in [3.05, 3.63) is 18.0 Å². The summed E-state index contributed by atoms with van der Waals surface area (Å²) in [5.74, 6) is 7.57. The van der Waals surface area contributed by atoms with Gasteiger partial charge in [0.1, 0.15) is 0 Å². The third-order valence-corrected chi connectivity index (χ3v) is 3.30. The van der Waals surface area contributed by atoms with Crippen LogP contribution in [-0.4, -0.2) is 33.2 Å². The topological polar surface area (TPSA) is 118 Å². The fraction of sp³-hybridized carbons (Fsp3) is 0.500. The van der Waals surface area contributed by atoms with Gasteiger partial charge in [-0.15, -0.1) is 0 Å². The van der Waals surface area contributed by atoms with E-state index in [0.29, 0.717) is 30.2 Å². The van der Waals surface area contributed by atoms with E-state index in [0.717, 1.165) is 25.9 Å². The molecular formula is C12H18N8O. The summed E-state index contributed by atoms with van der Waals surface area (Å²) in [6, 6.07) is 1.78. The molecule has 0 aromatic carbocycles. The molecule has 9 heteroatoms. The second-order valence-corrected chi connectivity index (χ2v) is 4.81.